The third kappa shape index (κ3) is 3.17. The molecule has 0 saturated carbocycles. The van der Waals surface area contributed by atoms with E-state index in [-0.39, 0.29) is 17.9 Å². The molecule has 0 aromatic carbocycles. The van der Waals surface area contributed by atoms with Crippen LogP contribution < -0.4 is 0 Å². The summed E-state index contributed by atoms with van der Waals surface area (Å²) in [7, 11) is 0. The van der Waals surface area contributed by atoms with Crippen LogP contribution in [0.4, 0.5) is 0 Å². The van der Waals surface area contributed by atoms with Crippen LogP contribution in [0.1, 0.15) is 37.6 Å². The van der Waals surface area contributed by atoms with Crippen molar-refractivity contribution in [1.29, 1.82) is 0 Å². The van der Waals surface area contributed by atoms with Crippen LogP contribution in [0.15, 0.2) is 11.6 Å². The topological polar surface area (TPSA) is 57.8 Å². The van der Waals surface area contributed by atoms with Crippen molar-refractivity contribution in [2.45, 2.75) is 45.6 Å². The molecule has 120 valence electrons. The molecule has 0 aliphatic carbocycles. The minimum Gasteiger partial charge on any atom is -0.393 e. The molecule has 2 aromatic rings. The van der Waals surface area contributed by atoms with Crippen molar-refractivity contribution in [1.82, 2.24) is 14.3 Å². The lowest BCUT2D eigenvalue weighted by molar-refractivity contribution is -0.133. The fraction of sp³-hybridized carbons (Fsp3) is 0.625. The van der Waals surface area contributed by atoms with E-state index in [2.05, 4.69) is 14.8 Å². The van der Waals surface area contributed by atoms with E-state index in [4.69, 9.17) is 0 Å². The molecule has 0 radical (unpaired) electrons. The number of amides is 1. The second kappa shape index (κ2) is 6.38. The first-order chi connectivity index (χ1) is 10.5. The van der Waals surface area contributed by atoms with Gasteiger partial charge in [-0.15, -0.1) is 11.3 Å². The van der Waals surface area contributed by atoms with Crippen molar-refractivity contribution in [3.8, 4) is 0 Å². The number of fused-ring (bicyclic) bond motifs is 1. The molecule has 1 aliphatic heterocycles. The normalized spacial score (nSPS) is 20.5. The number of carbonyl (C=O) groups excluding carboxylic acids is 1. The van der Waals surface area contributed by atoms with E-state index in [0.717, 1.165) is 42.2 Å². The number of hydrogen-bond donors (Lipinski definition) is 1. The molecule has 0 spiro atoms. The van der Waals surface area contributed by atoms with Crippen molar-refractivity contribution in [3.63, 3.8) is 0 Å². The quantitative estimate of drug-likeness (QED) is 0.940. The van der Waals surface area contributed by atoms with E-state index in [1.54, 1.807) is 11.3 Å². The average molecular weight is 321 g/mol. The van der Waals surface area contributed by atoms with Crippen molar-refractivity contribution in [3.05, 3.63) is 23.0 Å². The van der Waals surface area contributed by atoms with Gasteiger partial charge in [-0.3, -0.25) is 9.20 Å². The Morgan fingerprint density at radius 3 is 3.18 bits per heavy atom. The predicted molar refractivity (Wildman–Crippen MR) is 87.1 cm³/mol. The number of likely N-dealkylation sites (tertiary alicyclic amines) is 1. The van der Waals surface area contributed by atoms with Crippen LogP contribution >= 0.6 is 11.3 Å². The zero-order valence-corrected chi connectivity index (χ0v) is 14.0. The van der Waals surface area contributed by atoms with Gasteiger partial charge in [-0.05, 0) is 33.1 Å². The molecule has 1 saturated heterocycles. The molecule has 3 heterocycles. The Hall–Kier alpha value is -1.40. The number of thiazole rings is 1. The maximum Gasteiger partial charge on any atom is 0.222 e. The SMILES string of the molecule is Cc1cn2c(CCC(=O)N3CCCC(C(C)O)C3)csc2n1. The minimum absolute atomic E-state index is 0.196. The van der Waals surface area contributed by atoms with Gasteiger partial charge >= 0.3 is 0 Å². The molecule has 0 bridgehead atoms. The highest BCUT2D eigenvalue weighted by Gasteiger charge is 2.26. The van der Waals surface area contributed by atoms with E-state index < -0.39 is 0 Å². The number of hydrogen-bond acceptors (Lipinski definition) is 4. The van der Waals surface area contributed by atoms with Crippen molar-refractivity contribution >= 4 is 22.2 Å². The molecular weight excluding hydrogens is 298 g/mol. The van der Waals surface area contributed by atoms with Crippen LogP contribution in [0.5, 0.6) is 0 Å². The number of nitrogens with zero attached hydrogens (tertiary/aromatic N) is 3. The molecule has 1 aliphatic rings. The predicted octanol–water partition coefficient (Wildman–Crippen LogP) is 2.26. The molecule has 1 fully saturated rings. The van der Waals surface area contributed by atoms with Gasteiger partial charge in [-0.2, -0.15) is 0 Å². The molecule has 5 nitrogen and oxygen atoms in total. The Balaban J connectivity index is 1.60. The van der Waals surface area contributed by atoms with Gasteiger partial charge in [0.1, 0.15) is 0 Å². The summed E-state index contributed by atoms with van der Waals surface area (Å²) in [4.78, 5) is 19.8. The van der Waals surface area contributed by atoms with E-state index in [1.165, 1.54) is 0 Å². The zero-order chi connectivity index (χ0) is 15.7. The Morgan fingerprint density at radius 2 is 2.41 bits per heavy atom. The Labute approximate surface area is 134 Å². The van der Waals surface area contributed by atoms with E-state index in [0.29, 0.717) is 13.0 Å². The van der Waals surface area contributed by atoms with Crippen molar-refractivity contribution in [2.75, 3.05) is 13.1 Å². The Morgan fingerprint density at radius 1 is 1.59 bits per heavy atom. The lowest BCUT2D eigenvalue weighted by Crippen LogP contribution is -2.43. The smallest absolute Gasteiger partial charge is 0.222 e. The van der Waals surface area contributed by atoms with Gasteiger partial charge in [0, 0.05) is 42.7 Å². The third-order valence-electron chi connectivity index (χ3n) is 4.49. The third-order valence-corrected chi connectivity index (χ3v) is 5.38. The summed E-state index contributed by atoms with van der Waals surface area (Å²) in [5.74, 6) is 0.420. The van der Waals surface area contributed by atoms with Gasteiger partial charge in [-0.25, -0.2) is 4.98 Å². The van der Waals surface area contributed by atoms with E-state index >= 15 is 0 Å². The molecular formula is C16H23N3O2S. The van der Waals surface area contributed by atoms with Crippen LogP contribution in [0, 0.1) is 12.8 Å². The van der Waals surface area contributed by atoms with Gasteiger partial charge in [0.25, 0.3) is 0 Å². The molecule has 1 N–H and O–H groups in total. The second-order valence-electron chi connectivity index (χ2n) is 6.24. The number of piperidine rings is 1. The second-order valence-corrected chi connectivity index (χ2v) is 7.08. The number of rotatable bonds is 4. The van der Waals surface area contributed by atoms with Crippen molar-refractivity contribution in [2.24, 2.45) is 5.92 Å². The van der Waals surface area contributed by atoms with Crippen LogP contribution in [-0.2, 0) is 11.2 Å². The number of aryl methyl sites for hydroxylation is 2. The van der Waals surface area contributed by atoms with Gasteiger partial charge in [-0.1, -0.05) is 0 Å². The summed E-state index contributed by atoms with van der Waals surface area (Å²) < 4.78 is 2.09. The molecule has 22 heavy (non-hydrogen) atoms. The first kappa shape index (κ1) is 15.5. The summed E-state index contributed by atoms with van der Waals surface area (Å²) >= 11 is 1.62. The Kier molecular flexibility index (Phi) is 4.49. The minimum atomic E-state index is -0.332. The van der Waals surface area contributed by atoms with E-state index in [9.17, 15) is 9.90 Å². The van der Waals surface area contributed by atoms with Crippen LogP contribution in [0.25, 0.3) is 4.96 Å². The van der Waals surface area contributed by atoms with Gasteiger partial charge in [0.05, 0.1) is 11.8 Å². The molecule has 1 amide bonds. The van der Waals surface area contributed by atoms with Gasteiger partial charge in [0.2, 0.25) is 5.91 Å². The highest BCUT2D eigenvalue weighted by molar-refractivity contribution is 7.15. The number of carbonyl (C=O) groups is 1. The lowest BCUT2D eigenvalue weighted by atomic mass is 9.93. The molecule has 2 atom stereocenters. The molecule has 2 unspecified atom stereocenters. The molecule has 3 rings (SSSR count). The monoisotopic (exact) mass is 321 g/mol. The van der Waals surface area contributed by atoms with Gasteiger partial charge in [0.15, 0.2) is 4.96 Å². The summed E-state index contributed by atoms with van der Waals surface area (Å²) in [6, 6.07) is 0. The Bertz CT molecular complexity index is 661. The molecule has 2 aromatic heterocycles. The van der Waals surface area contributed by atoms with Gasteiger partial charge < -0.3 is 10.0 Å². The fourth-order valence-corrected chi connectivity index (χ4v) is 4.10. The van der Waals surface area contributed by atoms with Crippen molar-refractivity contribution < 1.29 is 9.90 Å². The highest BCUT2D eigenvalue weighted by Crippen LogP contribution is 2.22. The lowest BCUT2D eigenvalue weighted by Gasteiger charge is -2.34. The number of aromatic nitrogens is 2. The first-order valence-electron chi connectivity index (χ1n) is 7.92. The summed E-state index contributed by atoms with van der Waals surface area (Å²) in [6.45, 7) is 5.33. The number of aliphatic hydroxyl groups excluding tert-OH is 1. The number of aliphatic hydroxyl groups is 1. The largest absolute Gasteiger partial charge is 0.393 e. The highest BCUT2D eigenvalue weighted by atomic mass is 32.1. The summed E-state index contributed by atoms with van der Waals surface area (Å²) in [6.07, 6.45) is 4.96. The van der Waals surface area contributed by atoms with Crippen LogP contribution in [0.2, 0.25) is 0 Å². The fourth-order valence-electron chi connectivity index (χ4n) is 3.14. The summed E-state index contributed by atoms with van der Waals surface area (Å²) in [5.41, 5.74) is 2.16. The zero-order valence-electron chi connectivity index (χ0n) is 13.2. The standard InChI is InChI=1S/C16H23N3O2S/c1-11-8-19-14(10-22-16(19)17-11)5-6-15(21)18-7-3-4-13(9-18)12(2)20/h8,10,12-13,20H,3-7,9H2,1-2H3. The summed E-state index contributed by atoms with van der Waals surface area (Å²) in [5, 5.41) is 11.8. The maximum absolute atomic E-state index is 12.4. The maximum atomic E-state index is 12.4. The number of imidazole rings is 1. The average Bonchev–Trinajstić information content (AvgIpc) is 3.04. The van der Waals surface area contributed by atoms with Crippen LogP contribution in [0.3, 0.4) is 0 Å². The first-order valence-corrected chi connectivity index (χ1v) is 8.80. The van der Waals surface area contributed by atoms with E-state index in [1.807, 2.05) is 24.9 Å². The van der Waals surface area contributed by atoms with Crippen LogP contribution in [-0.4, -0.2) is 44.5 Å². The molecule has 6 heteroatoms.